The van der Waals surface area contributed by atoms with Gasteiger partial charge in [-0.15, -0.1) is 11.8 Å². The molecule has 2 aromatic rings. The second kappa shape index (κ2) is 8.04. The fourth-order valence-electron chi connectivity index (χ4n) is 3.37. The number of ether oxygens (including phenoxy) is 1. The molecule has 7 heteroatoms. The van der Waals surface area contributed by atoms with Crippen molar-refractivity contribution in [3.8, 4) is 11.4 Å². The molecule has 6 nitrogen and oxygen atoms in total. The maximum atomic E-state index is 9.26. The molecule has 0 atom stereocenters. The Morgan fingerprint density at radius 2 is 1.93 bits per heavy atom. The van der Waals surface area contributed by atoms with Crippen molar-refractivity contribution in [2.45, 2.75) is 17.6 Å². The first kappa shape index (κ1) is 18.5. The number of aliphatic hydroxyl groups is 1. The second-order valence-electron chi connectivity index (χ2n) is 6.93. The van der Waals surface area contributed by atoms with E-state index in [0.717, 1.165) is 73.5 Å². The van der Waals surface area contributed by atoms with Crippen molar-refractivity contribution < 1.29 is 9.84 Å². The maximum absolute atomic E-state index is 9.26. The van der Waals surface area contributed by atoms with Crippen molar-refractivity contribution in [2.24, 2.45) is 0 Å². The third kappa shape index (κ3) is 4.05. The molecule has 1 aliphatic heterocycles. The molecule has 1 aliphatic carbocycles. The summed E-state index contributed by atoms with van der Waals surface area (Å²) in [7, 11) is 1.91. The molecule has 4 rings (SSSR count). The number of aromatic nitrogens is 2. The van der Waals surface area contributed by atoms with Crippen LogP contribution in [0.5, 0.6) is 0 Å². The number of nitrogens with one attached hydrogen (secondary N) is 1. The van der Waals surface area contributed by atoms with Crippen LogP contribution in [0.2, 0.25) is 0 Å². The van der Waals surface area contributed by atoms with E-state index in [9.17, 15) is 5.11 Å². The molecule has 1 aromatic carbocycles. The van der Waals surface area contributed by atoms with Gasteiger partial charge in [0.2, 0.25) is 0 Å². The monoisotopic (exact) mass is 386 g/mol. The molecule has 0 spiro atoms. The molecule has 2 fully saturated rings. The van der Waals surface area contributed by atoms with Crippen molar-refractivity contribution in [3.63, 3.8) is 0 Å². The van der Waals surface area contributed by atoms with E-state index in [2.05, 4.69) is 28.4 Å². The summed E-state index contributed by atoms with van der Waals surface area (Å²) in [5, 5.41) is 12.4. The van der Waals surface area contributed by atoms with Gasteiger partial charge in [0.1, 0.15) is 5.82 Å². The van der Waals surface area contributed by atoms with E-state index in [4.69, 9.17) is 14.7 Å². The molecule has 0 radical (unpaired) electrons. The van der Waals surface area contributed by atoms with Gasteiger partial charge in [-0.3, -0.25) is 0 Å². The van der Waals surface area contributed by atoms with Crippen LogP contribution in [0.3, 0.4) is 0 Å². The van der Waals surface area contributed by atoms with E-state index >= 15 is 0 Å². The number of anilines is 2. The molecule has 0 amide bonds. The zero-order valence-corrected chi connectivity index (χ0v) is 16.5. The lowest BCUT2D eigenvalue weighted by Gasteiger charge is -2.29. The van der Waals surface area contributed by atoms with E-state index in [1.807, 2.05) is 30.9 Å². The molecular formula is C20H26N4O2S. The highest BCUT2D eigenvalue weighted by molar-refractivity contribution is 8.00. The number of nitrogens with zero attached hydrogens (tertiary/aromatic N) is 3. The van der Waals surface area contributed by atoms with Crippen LogP contribution in [0.15, 0.2) is 30.3 Å². The summed E-state index contributed by atoms with van der Waals surface area (Å²) in [6.45, 7) is 3.37. The Hall–Kier alpha value is -1.83. The minimum absolute atomic E-state index is 0.0341. The quantitative estimate of drug-likeness (QED) is 0.758. The highest BCUT2D eigenvalue weighted by Gasteiger charge is 2.46. The van der Waals surface area contributed by atoms with Gasteiger partial charge in [0.05, 0.1) is 30.3 Å². The standard InChI is InChI=1S/C20H26N4O2S/c1-21-16-4-2-15(3-5-16)19-22-17(20(6-7-20)27-13-10-25)14-18(23-19)24-8-11-26-12-9-24/h2-5,14,21,25H,6-13H2,1H3. The van der Waals surface area contributed by atoms with Gasteiger partial charge < -0.3 is 20.1 Å². The van der Waals surface area contributed by atoms with Crippen molar-refractivity contribution in [2.75, 3.05) is 55.9 Å². The van der Waals surface area contributed by atoms with Gasteiger partial charge in [-0.2, -0.15) is 0 Å². The summed E-state index contributed by atoms with van der Waals surface area (Å²) in [4.78, 5) is 12.1. The number of aliphatic hydroxyl groups excluding tert-OH is 1. The van der Waals surface area contributed by atoms with Gasteiger partial charge >= 0.3 is 0 Å². The summed E-state index contributed by atoms with van der Waals surface area (Å²) >= 11 is 1.81. The number of benzene rings is 1. The van der Waals surface area contributed by atoms with E-state index in [1.54, 1.807) is 0 Å². The van der Waals surface area contributed by atoms with Crippen LogP contribution < -0.4 is 10.2 Å². The SMILES string of the molecule is CNc1ccc(-c2nc(N3CCOCC3)cc(C3(SCCO)CC3)n2)cc1. The van der Waals surface area contributed by atoms with Gasteiger partial charge in [-0.25, -0.2) is 9.97 Å². The van der Waals surface area contributed by atoms with Gasteiger partial charge in [0.15, 0.2) is 5.82 Å². The van der Waals surface area contributed by atoms with E-state index in [1.165, 1.54) is 0 Å². The lowest BCUT2D eigenvalue weighted by atomic mass is 10.1. The van der Waals surface area contributed by atoms with E-state index < -0.39 is 0 Å². The number of hydrogen-bond acceptors (Lipinski definition) is 7. The maximum Gasteiger partial charge on any atom is 0.161 e. The van der Waals surface area contributed by atoms with Crippen LogP contribution in [0.1, 0.15) is 18.5 Å². The van der Waals surface area contributed by atoms with Crippen LogP contribution in [-0.2, 0) is 9.48 Å². The minimum atomic E-state index is 0.0341. The molecule has 0 unspecified atom stereocenters. The summed E-state index contributed by atoms with van der Waals surface area (Å²) in [5.41, 5.74) is 3.18. The Morgan fingerprint density at radius 1 is 1.19 bits per heavy atom. The third-order valence-electron chi connectivity index (χ3n) is 5.12. The fraction of sp³-hybridized carbons (Fsp3) is 0.500. The summed E-state index contributed by atoms with van der Waals surface area (Å²) in [6.07, 6.45) is 2.21. The van der Waals surface area contributed by atoms with Crippen molar-refractivity contribution in [3.05, 3.63) is 36.0 Å². The van der Waals surface area contributed by atoms with Crippen LogP contribution >= 0.6 is 11.8 Å². The molecule has 1 saturated heterocycles. The lowest BCUT2D eigenvalue weighted by Crippen LogP contribution is -2.37. The molecule has 144 valence electrons. The Bertz CT molecular complexity index is 774. The Balaban J connectivity index is 1.71. The summed E-state index contributed by atoms with van der Waals surface area (Å²) < 4.78 is 5.53. The first-order valence-electron chi connectivity index (χ1n) is 9.49. The van der Waals surface area contributed by atoms with Crippen LogP contribution in [0.4, 0.5) is 11.5 Å². The van der Waals surface area contributed by atoms with Crippen LogP contribution in [0, 0.1) is 0 Å². The highest BCUT2D eigenvalue weighted by Crippen LogP contribution is 2.56. The number of thioether (sulfide) groups is 1. The number of morpholine rings is 1. The lowest BCUT2D eigenvalue weighted by molar-refractivity contribution is 0.122. The molecule has 2 N–H and O–H groups in total. The van der Waals surface area contributed by atoms with Crippen LogP contribution in [0.25, 0.3) is 11.4 Å². The summed E-state index contributed by atoms with van der Waals surface area (Å²) in [5.74, 6) is 2.49. The van der Waals surface area contributed by atoms with Gasteiger partial charge in [-0.1, -0.05) is 0 Å². The minimum Gasteiger partial charge on any atom is -0.396 e. The average molecular weight is 387 g/mol. The topological polar surface area (TPSA) is 70.5 Å². The molecular weight excluding hydrogens is 360 g/mol. The zero-order valence-electron chi connectivity index (χ0n) is 15.6. The molecule has 2 aliphatic rings. The van der Waals surface area contributed by atoms with Crippen LogP contribution in [-0.4, -0.2) is 60.8 Å². The highest BCUT2D eigenvalue weighted by atomic mass is 32.2. The molecule has 1 aromatic heterocycles. The molecule has 2 heterocycles. The second-order valence-corrected chi connectivity index (χ2v) is 8.41. The predicted octanol–water partition coefficient (Wildman–Crippen LogP) is 2.74. The fourth-order valence-corrected chi connectivity index (χ4v) is 4.49. The normalized spacial score (nSPS) is 18.4. The summed E-state index contributed by atoms with van der Waals surface area (Å²) in [6, 6.07) is 10.4. The number of rotatable bonds is 7. The zero-order chi connectivity index (χ0) is 18.7. The first-order valence-corrected chi connectivity index (χ1v) is 10.5. The van der Waals surface area contributed by atoms with Crippen molar-refractivity contribution in [1.82, 2.24) is 9.97 Å². The number of hydrogen-bond donors (Lipinski definition) is 2. The molecule has 27 heavy (non-hydrogen) atoms. The smallest absolute Gasteiger partial charge is 0.161 e. The molecule has 0 bridgehead atoms. The van der Waals surface area contributed by atoms with Crippen molar-refractivity contribution in [1.29, 1.82) is 0 Å². The molecule has 1 saturated carbocycles. The van der Waals surface area contributed by atoms with E-state index in [0.29, 0.717) is 0 Å². The Morgan fingerprint density at radius 3 is 2.56 bits per heavy atom. The first-order chi connectivity index (χ1) is 13.2. The predicted molar refractivity (Wildman–Crippen MR) is 111 cm³/mol. The van der Waals surface area contributed by atoms with Gasteiger partial charge in [0, 0.05) is 43.2 Å². The third-order valence-corrected chi connectivity index (χ3v) is 6.68. The Labute approximate surface area is 164 Å². The van der Waals surface area contributed by atoms with Gasteiger partial charge in [0.25, 0.3) is 0 Å². The average Bonchev–Trinajstić information content (AvgIpc) is 3.54. The van der Waals surface area contributed by atoms with Crippen molar-refractivity contribution >= 4 is 23.3 Å². The van der Waals surface area contributed by atoms with Gasteiger partial charge in [-0.05, 0) is 37.1 Å². The largest absolute Gasteiger partial charge is 0.396 e. The Kier molecular flexibility index (Phi) is 5.52. The van der Waals surface area contributed by atoms with E-state index in [-0.39, 0.29) is 11.4 Å².